The summed E-state index contributed by atoms with van der Waals surface area (Å²) in [6.45, 7) is 0.248. The highest BCUT2D eigenvalue weighted by molar-refractivity contribution is 7.87. The van der Waals surface area contributed by atoms with Crippen LogP contribution < -0.4 is 4.72 Å². The smallest absolute Gasteiger partial charge is 0.258 e. The summed E-state index contributed by atoms with van der Waals surface area (Å²) in [4.78, 5) is 9.97. The Morgan fingerprint density at radius 1 is 1.28 bits per heavy atom. The molecule has 0 saturated carbocycles. The maximum Gasteiger partial charge on any atom is 0.278 e. The number of nitro groups is 1. The Hall–Kier alpha value is -1.51. The number of nitrogens with one attached hydrogen (secondary N) is 1. The van der Waals surface area contributed by atoms with Gasteiger partial charge in [-0.2, -0.15) is 12.7 Å². The van der Waals surface area contributed by atoms with E-state index in [1.807, 2.05) is 0 Å². The van der Waals surface area contributed by atoms with Crippen molar-refractivity contribution in [3.05, 3.63) is 39.9 Å². The van der Waals surface area contributed by atoms with E-state index in [0.717, 1.165) is 9.87 Å². The molecular weight excluding hydrogens is 258 g/mol. The van der Waals surface area contributed by atoms with E-state index in [-0.39, 0.29) is 12.2 Å². The Balaban J connectivity index is 2.52. The lowest BCUT2D eigenvalue weighted by molar-refractivity contribution is -0.384. The standard InChI is InChI=1S/C10H15N3O4S/c1-12(2)18(16,17)11-8-7-9-3-5-10(6-4-9)13(14)15/h3-6,11H,7-8H2,1-2H3. The predicted octanol–water partition coefficient (Wildman–Crippen LogP) is 0.533. The minimum Gasteiger partial charge on any atom is -0.258 e. The van der Waals surface area contributed by atoms with Crippen molar-refractivity contribution < 1.29 is 13.3 Å². The minimum atomic E-state index is -3.41. The van der Waals surface area contributed by atoms with Gasteiger partial charge in [0.05, 0.1) is 4.92 Å². The molecule has 0 bridgehead atoms. The zero-order valence-electron chi connectivity index (χ0n) is 10.2. The third kappa shape index (κ3) is 4.06. The van der Waals surface area contributed by atoms with Gasteiger partial charge in [-0.25, -0.2) is 4.72 Å². The molecule has 1 aromatic rings. The van der Waals surface area contributed by atoms with Crippen molar-refractivity contribution in [2.75, 3.05) is 20.6 Å². The van der Waals surface area contributed by atoms with Crippen molar-refractivity contribution in [1.82, 2.24) is 9.03 Å². The molecule has 0 radical (unpaired) electrons. The van der Waals surface area contributed by atoms with Gasteiger partial charge in [-0.15, -0.1) is 0 Å². The van der Waals surface area contributed by atoms with Crippen LogP contribution in [0.4, 0.5) is 5.69 Å². The first-order valence-electron chi connectivity index (χ1n) is 5.23. The molecule has 0 aliphatic heterocycles. The second-order valence-electron chi connectivity index (χ2n) is 3.86. The van der Waals surface area contributed by atoms with E-state index in [0.29, 0.717) is 6.42 Å². The van der Waals surface area contributed by atoms with E-state index in [4.69, 9.17) is 0 Å². The van der Waals surface area contributed by atoms with Crippen LogP contribution in [0.1, 0.15) is 5.56 Å². The van der Waals surface area contributed by atoms with Gasteiger partial charge in [-0.1, -0.05) is 12.1 Å². The van der Waals surface area contributed by atoms with Gasteiger partial charge in [-0.3, -0.25) is 10.1 Å². The molecule has 0 atom stereocenters. The summed E-state index contributed by atoms with van der Waals surface area (Å²) in [5, 5.41) is 10.4. The van der Waals surface area contributed by atoms with Crippen molar-refractivity contribution >= 4 is 15.9 Å². The van der Waals surface area contributed by atoms with Gasteiger partial charge in [0.1, 0.15) is 0 Å². The maximum absolute atomic E-state index is 11.4. The number of benzene rings is 1. The molecule has 0 aliphatic rings. The van der Waals surface area contributed by atoms with Crippen LogP contribution in [0, 0.1) is 10.1 Å². The Morgan fingerprint density at radius 3 is 2.28 bits per heavy atom. The van der Waals surface area contributed by atoms with Gasteiger partial charge in [0.25, 0.3) is 15.9 Å². The molecule has 1 aromatic carbocycles. The molecular formula is C10H15N3O4S. The van der Waals surface area contributed by atoms with Gasteiger partial charge in [0, 0.05) is 32.8 Å². The molecule has 18 heavy (non-hydrogen) atoms. The van der Waals surface area contributed by atoms with Crippen LogP contribution in [0.3, 0.4) is 0 Å². The van der Waals surface area contributed by atoms with E-state index in [2.05, 4.69) is 4.72 Å². The quantitative estimate of drug-likeness (QED) is 0.604. The third-order valence-corrected chi connectivity index (χ3v) is 3.86. The number of rotatable bonds is 6. The molecule has 0 aliphatic carbocycles. The molecule has 1 N–H and O–H groups in total. The van der Waals surface area contributed by atoms with Gasteiger partial charge in [-0.05, 0) is 12.0 Å². The fraction of sp³-hybridized carbons (Fsp3) is 0.400. The fourth-order valence-corrected chi connectivity index (χ4v) is 1.86. The van der Waals surface area contributed by atoms with E-state index >= 15 is 0 Å². The normalized spacial score (nSPS) is 11.7. The second-order valence-corrected chi connectivity index (χ2v) is 5.82. The van der Waals surface area contributed by atoms with Crippen molar-refractivity contribution in [3.63, 3.8) is 0 Å². The first-order chi connectivity index (χ1) is 8.33. The van der Waals surface area contributed by atoms with Gasteiger partial charge in [0.2, 0.25) is 0 Å². The molecule has 0 heterocycles. The average molecular weight is 273 g/mol. The Labute approximate surface area is 106 Å². The Kier molecular flexibility index (Phi) is 4.76. The molecule has 0 amide bonds. The fourth-order valence-electron chi connectivity index (χ4n) is 1.24. The van der Waals surface area contributed by atoms with Crippen LogP contribution in [-0.2, 0) is 16.6 Å². The summed E-state index contributed by atoms with van der Waals surface area (Å²) < 4.78 is 26.3. The SMILES string of the molecule is CN(C)S(=O)(=O)NCCc1ccc([N+](=O)[O-])cc1. The van der Waals surface area contributed by atoms with Crippen molar-refractivity contribution in [1.29, 1.82) is 0 Å². The largest absolute Gasteiger partial charge is 0.278 e. The van der Waals surface area contributed by atoms with Crippen molar-refractivity contribution in [2.24, 2.45) is 0 Å². The summed E-state index contributed by atoms with van der Waals surface area (Å²) in [5.74, 6) is 0. The number of hydrogen-bond acceptors (Lipinski definition) is 4. The summed E-state index contributed by atoms with van der Waals surface area (Å²) in [6.07, 6.45) is 0.477. The zero-order valence-corrected chi connectivity index (χ0v) is 11.0. The molecule has 0 unspecified atom stereocenters. The molecule has 0 fully saturated rings. The van der Waals surface area contributed by atoms with Gasteiger partial charge < -0.3 is 0 Å². The number of hydrogen-bond donors (Lipinski definition) is 1. The van der Waals surface area contributed by atoms with E-state index in [9.17, 15) is 18.5 Å². The average Bonchev–Trinajstić information content (AvgIpc) is 2.29. The molecule has 0 saturated heterocycles. The van der Waals surface area contributed by atoms with Crippen LogP contribution in [0.25, 0.3) is 0 Å². The summed E-state index contributed by atoms with van der Waals surface area (Å²) in [7, 11) is -0.537. The molecule has 7 nitrogen and oxygen atoms in total. The lowest BCUT2D eigenvalue weighted by atomic mass is 10.1. The maximum atomic E-state index is 11.4. The van der Waals surface area contributed by atoms with Crippen LogP contribution in [-0.4, -0.2) is 38.3 Å². The van der Waals surface area contributed by atoms with Crippen LogP contribution >= 0.6 is 0 Å². The van der Waals surface area contributed by atoms with Crippen molar-refractivity contribution in [3.8, 4) is 0 Å². The van der Waals surface area contributed by atoms with Crippen LogP contribution in [0.2, 0.25) is 0 Å². The van der Waals surface area contributed by atoms with E-state index in [1.54, 1.807) is 12.1 Å². The number of nitrogens with zero attached hydrogens (tertiary/aromatic N) is 2. The molecule has 8 heteroatoms. The minimum absolute atomic E-state index is 0.0209. The molecule has 1 rings (SSSR count). The summed E-state index contributed by atoms with van der Waals surface area (Å²) >= 11 is 0. The number of non-ortho nitro benzene ring substituents is 1. The zero-order chi connectivity index (χ0) is 13.8. The lowest BCUT2D eigenvalue weighted by Gasteiger charge is -2.12. The predicted molar refractivity (Wildman–Crippen MR) is 67.4 cm³/mol. The third-order valence-electron chi connectivity index (χ3n) is 2.33. The van der Waals surface area contributed by atoms with E-state index < -0.39 is 15.1 Å². The first kappa shape index (κ1) is 14.6. The highest BCUT2D eigenvalue weighted by Crippen LogP contribution is 2.11. The van der Waals surface area contributed by atoms with Gasteiger partial charge >= 0.3 is 0 Å². The second kappa shape index (κ2) is 5.89. The molecule has 0 aromatic heterocycles. The van der Waals surface area contributed by atoms with E-state index in [1.165, 1.54) is 26.2 Å². The Morgan fingerprint density at radius 2 is 1.83 bits per heavy atom. The highest BCUT2D eigenvalue weighted by atomic mass is 32.2. The number of nitro benzene ring substituents is 1. The topological polar surface area (TPSA) is 92.6 Å². The lowest BCUT2D eigenvalue weighted by Crippen LogP contribution is -2.36. The first-order valence-corrected chi connectivity index (χ1v) is 6.67. The van der Waals surface area contributed by atoms with Crippen LogP contribution in [0.15, 0.2) is 24.3 Å². The monoisotopic (exact) mass is 273 g/mol. The van der Waals surface area contributed by atoms with Crippen LogP contribution in [0.5, 0.6) is 0 Å². The van der Waals surface area contributed by atoms with Gasteiger partial charge in [0.15, 0.2) is 0 Å². The summed E-state index contributed by atoms with van der Waals surface area (Å²) in [6, 6.07) is 6.02. The Bertz CT molecular complexity index is 510. The van der Waals surface area contributed by atoms with Crippen molar-refractivity contribution in [2.45, 2.75) is 6.42 Å². The highest BCUT2D eigenvalue weighted by Gasteiger charge is 2.11. The summed E-state index contributed by atoms with van der Waals surface area (Å²) in [5.41, 5.74) is 0.856. The molecule has 0 spiro atoms. The molecule has 100 valence electrons.